The number of amides is 4. The van der Waals surface area contributed by atoms with Crippen LogP contribution in [0.3, 0.4) is 0 Å². The first-order chi connectivity index (χ1) is 18.1. The molecular formula is C27H34F2N4O5. The highest BCUT2D eigenvalue weighted by molar-refractivity contribution is 6.38. The zero-order chi connectivity index (χ0) is 28.1. The second-order valence-corrected chi connectivity index (χ2v) is 9.00. The van der Waals surface area contributed by atoms with Gasteiger partial charge in [0.25, 0.3) is 5.91 Å². The molecule has 0 heterocycles. The van der Waals surface area contributed by atoms with Crippen LogP contribution in [-0.2, 0) is 27.5 Å². The Hall–Kier alpha value is -4.02. The number of carbonyl (C=O) groups excluding carboxylic acids is 4. The van der Waals surface area contributed by atoms with Crippen LogP contribution in [0.4, 0.5) is 13.6 Å². The van der Waals surface area contributed by atoms with Gasteiger partial charge in [0.15, 0.2) is 0 Å². The minimum Gasteiger partial charge on any atom is -0.434 e. The molecule has 0 saturated heterocycles. The van der Waals surface area contributed by atoms with Gasteiger partial charge in [0.2, 0.25) is 11.7 Å². The molecule has 0 saturated carbocycles. The van der Waals surface area contributed by atoms with Gasteiger partial charge >= 0.3 is 12.6 Å². The maximum atomic E-state index is 13.0. The van der Waals surface area contributed by atoms with E-state index < -0.39 is 42.3 Å². The number of alkyl halides is 2. The molecule has 0 spiro atoms. The van der Waals surface area contributed by atoms with Gasteiger partial charge in [-0.3, -0.25) is 14.4 Å². The van der Waals surface area contributed by atoms with E-state index >= 15 is 0 Å². The molecular weight excluding hydrogens is 498 g/mol. The van der Waals surface area contributed by atoms with Crippen LogP contribution < -0.4 is 26.0 Å². The van der Waals surface area contributed by atoms with Crippen LogP contribution in [0, 0.1) is 5.92 Å². The lowest BCUT2D eigenvalue weighted by atomic mass is 10.0. The molecule has 2 rings (SSSR count). The maximum Gasteiger partial charge on any atom is 0.387 e. The van der Waals surface area contributed by atoms with Gasteiger partial charge in [0.1, 0.15) is 11.8 Å². The predicted octanol–water partition coefficient (Wildman–Crippen LogP) is 3.28. The first-order valence-corrected chi connectivity index (χ1v) is 12.3. The molecule has 2 aromatic carbocycles. The van der Waals surface area contributed by atoms with Gasteiger partial charge in [-0.15, -0.1) is 0 Å². The number of halogens is 2. The monoisotopic (exact) mass is 532 g/mol. The van der Waals surface area contributed by atoms with Crippen molar-refractivity contribution in [2.45, 2.75) is 65.4 Å². The second kappa shape index (κ2) is 15.3. The molecule has 11 heteroatoms. The summed E-state index contributed by atoms with van der Waals surface area (Å²) in [5.74, 6) is -2.56. The Kier molecular flexibility index (Phi) is 12.1. The largest absolute Gasteiger partial charge is 0.434 e. The summed E-state index contributed by atoms with van der Waals surface area (Å²) < 4.78 is 29.6. The Morgan fingerprint density at radius 3 is 2.13 bits per heavy atom. The summed E-state index contributed by atoms with van der Waals surface area (Å²) in [7, 11) is 0. The Balaban J connectivity index is 1.97. The number of urea groups is 1. The lowest BCUT2D eigenvalue weighted by Crippen LogP contribution is -2.55. The highest BCUT2D eigenvalue weighted by atomic mass is 19.3. The topological polar surface area (TPSA) is 126 Å². The molecule has 2 aromatic rings. The van der Waals surface area contributed by atoms with Gasteiger partial charge in [-0.25, -0.2) is 4.79 Å². The van der Waals surface area contributed by atoms with Crippen LogP contribution in [0.1, 0.15) is 44.7 Å². The van der Waals surface area contributed by atoms with Gasteiger partial charge in [-0.1, -0.05) is 69.3 Å². The van der Waals surface area contributed by atoms with Crippen LogP contribution in [0.5, 0.6) is 5.75 Å². The van der Waals surface area contributed by atoms with Crippen molar-refractivity contribution in [3.8, 4) is 5.75 Å². The number of hydrogen-bond donors (Lipinski definition) is 4. The first kappa shape index (κ1) is 30.2. The summed E-state index contributed by atoms with van der Waals surface area (Å²) in [6.45, 7) is 2.40. The average Bonchev–Trinajstić information content (AvgIpc) is 2.89. The van der Waals surface area contributed by atoms with Crippen LogP contribution >= 0.6 is 0 Å². The van der Waals surface area contributed by atoms with Gasteiger partial charge in [-0.05, 0) is 30.4 Å². The normalized spacial score (nSPS) is 12.4. The van der Waals surface area contributed by atoms with E-state index in [4.69, 9.17) is 0 Å². The van der Waals surface area contributed by atoms with Gasteiger partial charge in [-0.2, -0.15) is 8.78 Å². The van der Waals surface area contributed by atoms with E-state index in [1.54, 1.807) is 13.0 Å². The number of Topliss-reactive ketones (excluding diaryl/α,β-unsaturated/α-hetero) is 1. The fourth-order valence-corrected chi connectivity index (χ4v) is 3.60. The van der Waals surface area contributed by atoms with Crippen molar-refractivity contribution in [2.24, 2.45) is 5.92 Å². The standard InChI is InChI=1S/C27H34F2N4O5/c1-4-20(23(34)25(36)30-16-19-12-8-9-13-22(19)38-26(28)29)32-24(35)21(14-17(2)3)33-27(37)31-15-18-10-6-5-7-11-18/h5-13,17,20-21,26H,4,14-16H2,1-3H3,(H,30,36)(H,32,35)(H2,31,33,37)/t20?,21-/m0/s1. The van der Waals surface area contributed by atoms with E-state index in [2.05, 4.69) is 26.0 Å². The highest BCUT2D eigenvalue weighted by Gasteiger charge is 2.29. The lowest BCUT2D eigenvalue weighted by Gasteiger charge is -2.23. The number of hydrogen-bond acceptors (Lipinski definition) is 5. The molecule has 0 radical (unpaired) electrons. The van der Waals surface area contributed by atoms with Crippen LogP contribution in [-0.4, -0.2) is 42.3 Å². The van der Waals surface area contributed by atoms with Gasteiger partial charge in [0.05, 0.1) is 6.04 Å². The zero-order valence-corrected chi connectivity index (χ0v) is 21.6. The third kappa shape index (κ3) is 10.2. The summed E-state index contributed by atoms with van der Waals surface area (Å²) in [6.07, 6.45) is 0.431. The van der Waals surface area contributed by atoms with Gasteiger partial charge < -0.3 is 26.0 Å². The molecule has 0 aliphatic carbocycles. The fourth-order valence-electron chi connectivity index (χ4n) is 3.60. The Labute approximate surface area is 220 Å². The third-order valence-electron chi connectivity index (χ3n) is 5.52. The summed E-state index contributed by atoms with van der Waals surface area (Å²) >= 11 is 0. The van der Waals surface area contributed by atoms with Gasteiger partial charge in [0, 0.05) is 18.7 Å². The smallest absolute Gasteiger partial charge is 0.387 e. The average molecular weight is 533 g/mol. The Morgan fingerprint density at radius 2 is 1.50 bits per heavy atom. The van der Waals surface area contributed by atoms with Crippen molar-refractivity contribution >= 4 is 23.6 Å². The lowest BCUT2D eigenvalue weighted by molar-refractivity contribution is -0.140. The molecule has 0 aliphatic heterocycles. The molecule has 1 unspecified atom stereocenters. The van der Waals surface area contributed by atoms with E-state index in [-0.39, 0.29) is 36.7 Å². The fraction of sp³-hybridized carbons (Fsp3) is 0.407. The Morgan fingerprint density at radius 1 is 0.842 bits per heavy atom. The quantitative estimate of drug-likeness (QED) is 0.278. The number of rotatable bonds is 14. The first-order valence-electron chi connectivity index (χ1n) is 12.3. The van der Waals surface area contributed by atoms with Crippen molar-refractivity contribution in [1.29, 1.82) is 0 Å². The van der Waals surface area contributed by atoms with Crippen molar-refractivity contribution in [3.63, 3.8) is 0 Å². The van der Waals surface area contributed by atoms with Crippen LogP contribution in [0.2, 0.25) is 0 Å². The van der Waals surface area contributed by atoms with Crippen molar-refractivity contribution < 1.29 is 32.7 Å². The number of benzene rings is 2. The SMILES string of the molecule is CCC(NC(=O)[C@H](CC(C)C)NC(=O)NCc1ccccc1)C(=O)C(=O)NCc1ccccc1OC(F)F. The summed E-state index contributed by atoms with van der Waals surface area (Å²) in [4.78, 5) is 50.7. The second-order valence-electron chi connectivity index (χ2n) is 9.00. The molecule has 206 valence electrons. The number of ketones is 1. The number of ether oxygens (including phenoxy) is 1. The van der Waals surface area contributed by atoms with Crippen molar-refractivity contribution in [1.82, 2.24) is 21.3 Å². The minimum atomic E-state index is -3.04. The molecule has 4 N–H and O–H groups in total. The number of para-hydroxylation sites is 1. The summed E-state index contributed by atoms with van der Waals surface area (Å²) in [6, 6.07) is 12.5. The summed E-state index contributed by atoms with van der Waals surface area (Å²) in [5.41, 5.74) is 1.15. The molecule has 4 amide bonds. The third-order valence-corrected chi connectivity index (χ3v) is 5.52. The van der Waals surface area contributed by atoms with Crippen LogP contribution in [0.15, 0.2) is 54.6 Å². The molecule has 0 fully saturated rings. The molecule has 38 heavy (non-hydrogen) atoms. The molecule has 0 aromatic heterocycles. The van der Waals surface area contributed by atoms with E-state index in [9.17, 15) is 28.0 Å². The maximum absolute atomic E-state index is 13.0. The molecule has 0 bridgehead atoms. The van der Waals surface area contributed by atoms with E-state index in [1.165, 1.54) is 18.2 Å². The Bertz CT molecular complexity index is 1080. The number of nitrogens with one attached hydrogen (secondary N) is 4. The molecule has 2 atom stereocenters. The van der Waals surface area contributed by atoms with Crippen LogP contribution in [0.25, 0.3) is 0 Å². The van der Waals surface area contributed by atoms with Crippen molar-refractivity contribution in [3.05, 3.63) is 65.7 Å². The minimum absolute atomic E-state index is 0.0507. The van der Waals surface area contributed by atoms with E-state index in [0.717, 1.165) is 5.56 Å². The predicted molar refractivity (Wildman–Crippen MR) is 137 cm³/mol. The molecule has 0 aliphatic rings. The van der Waals surface area contributed by atoms with E-state index in [1.807, 2.05) is 44.2 Å². The summed E-state index contributed by atoms with van der Waals surface area (Å²) in [5, 5.41) is 10.3. The van der Waals surface area contributed by atoms with Crippen molar-refractivity contribution in [2.75, 3.05) is 0 Å². The number of carbonyl (C=O) groups is 4. The molecule has 9 nitrogen and oxygen atoms in total. The zero-order valence-electron chi connectivity index (χ0n) is 21.6. The van der Waals surface area contributed by atoms with E-state index in [0.29, 0.717) is 6.42 Å². The highest BCUT2D eigenvalue weighted by Crippen LogP contribution is 2.20.